The van der Waals surface area contributed by atoms with Crippen molar-refractivity contribution in [2.45, 2.75) is 63.4 Å². The Labute approximate surface area is 116 Å². The lowest BCUT2D eigenvalue weighted by molar-refractivity contribution is 0.192. The second kappa shape index (κ2) is 5.16. The Hall–Kier alpha value is -1.02. The molecule has 0 aromatic heterocycles. The Bertz CT molecular complexity index is 449. The van der Waals surface area contributed by atoms with Gasteiger partial charge in [-0.05, 0) is 49.8 Å². The molecule has 19 heavy (non-hydrogen) atoms. The zero-order valence-corrected chi connectivity index (χ0v) is 12.0. The SMILES string of the molecule is CC1CCc2cc(C3(CN)CCCCC3)ccc2O1. The summed E-state index contributed by atoms with van der Waals surface area (Å²) >= 11 is 0. The third-order valence-electron chi connectivity index (χ3n) is 5.02. The predicted molar refractivity (Wildman–Crippen MR) is 78.7 cm³/mol. The van der Waals surface area contributed by atoms with Gasteiger partial charge in [-0.15, -0.1) is 0 Å². The number of nitrogens with two attached hydrogens (primary N) is 1. The summed E-state index contributed by atoms with van der Waals surface area (Å²) in [5.41, 5.74) is 9.20. The molecule has 2 heteroatoms. The van der Waals surface area contributed by atoms with Gasteiger partial charge in [0.2, 0.25) is 0 Å². The molecule has 1 aliphatic carbocycles. The highest BCUT2D eigenvalue weighted by Gasteiger charge is 2.33. The number of fused-ring (bicyclic) bond motifs is 1. The van der Waals surface area contributed by atoms with Crippen LogP contribution in [0.1, 0.15) is 56.6 Å². The number of aryl methyl sites for hydroxylation is 1. The molecule has 1 unspecified atom stereocenters. The van der Waals surface area contributed by atoms with Crippen LogP contribution >= 0.6 is 0 Å². The van der Waals surface area contributed by atoms with Crippen LogP contribution in [-0.4, -0.2) is 12.6 Å². The van der Waals surface area contributed by atoms with Crippen LogP contribution in [0.2, 0.25) is 0 Å². The van der Waals surface area contributed by atoms with Crippen molar-refractivity contribution in [1.82, 2.24) is 0 Å². The van der Waals surface area contributed by atoms with Crippen LogP contribution in [0.3, 0.4) is 0 Å². The van der Waals surface area contributed by atoms with Gasteiger partial charge >= 0.3 is 0 Å². The third kappa shape index (κ3) is 2.38. The molecule has 0 saturated heterocycles. The van der Waals surface area contributed by atoms with E-state index in [0.29, 0.717) is 6.10 Å². The fraction of sp³-hybridized carbons (Fsp3) is 0.647. The van der Waals surface area contributed by atoms with Crippen LogP contribution in [0.15, 0.2) is 18.2 Å². The molecule has 1 aromatic rings. The summed E-state index contributed by atoms with van der Waals surface area (Å²) < 4.78 is 5.91. The largest absolute Gasteiger partial charge is 0.490 e. The molecule has 0 bridgehead atoms. The zero-order valence-electron chi connectivity index (χ0n) is 12.0. The van der Waals surface area contributed by atoms with Gasteiger partial charge in [-0.1, -0.05) is 31.4 Å². The number of ether oxygens (including phenoxy) is 1. The van der Waals surface area contributed by atoms with Crippen LogP contribution in [0.4, 0.5) is 0 Å². The van der Waals surface area contributed by atoms with Crippen LogP contribution in [0.5, 0.6) is 5.75 Å². The molecule has 2 nitrogen and oxygen atoms in total. The molecule has 0 radical (unpaired) electrons. The van der Waals surface area contributed by atoms with E-state index >= 15 is 0 Å². The average Bonchev–Trinajstić information content (AvgIpc) is 2.47. The maximum atomic E-state index is 6.14. The van der Waals surface area contributed by atoms with Crippen LogP contribution < -0.4 is 10.5 Å². The lowest BCUT2D eigenvalue weighted by Gasteiger charge is -2.37. The molecule has 1 fully saturated rings. The van der Waals surface area contributed by atoms with Crippen molar-refractivity contribution < 1.29 is 4.74 Å². The van der Waals surface area contributed by atoms with Crippen molar-refractivity contribution in [3.05, 3.63) is 29.3 Å². The number of hydrogen-bond donors (Lipinski definition) is 1. The van der Waals surface area contributed by atoms with E-state index in [0.717, 1.165) is 25.1 Å². The molecule has 1 saturated carbocycles. The molecule has 1 aliphatic heterocycles. The van der Waals surface area contributed by atoms with Crippen molar-refractivity contribution in [1.29, 1.82) is 0 Å². The maximum Gasteiger partial charge on any atom is 0.122 e. The normalized spacial score (nSPS) is 25.5. The van der Waals surface area contributed by atoms with E-state index in [9.17, 15) is 0 Å². The minimum Gasteiger partial charge on any atom is -0.490 e. The Balaban J connectivity index is 1.92. The summed E-state index contributed by atoms with van der Waals surface area (Å²) in [5, 5.41) is 0. The minimum atomic E-state index is 0.232. The maximum absolute atomic E-state index is 6.14. The van der Waals surface area contributed by atoms with E-state index in [4.69, 9.17) is 10.5 Å². The van der Waals surface area contributed by atoms with Crippen LogP contribution in [-0.2, 0) is 11.8 Å². The van der Waals surface area contributed by atoms with Crippen molar-refractivity contribution in [2.75, 3.05) is 6.54 Å². The van der Waals surface area contributed by atoms with Crippen molar-refractivity contribution in [2.24, 2.45) is 5.73 Å². The molecule has 2 aliphatic rings. The molecular formula is C17H25NO. The lowest BCUT2D eigenvalue weighted by Crippen LogP contribution is -2.37. The molecular weight excluding hydrogens is 234 g/mol. The van der Waals surface area contributed by atoms with Gasteiger partial charge in [0.1, 0.15) is 5.75 Å². The smallest absolute Gasteiger partial charge is 0.122 e. The highest BCUT2D eigenvalue weighted by molar-refractivity contribution is 5.42. The standard InChI is InChI=1S/C17H25NO/c1-13-5-6-14-11-15(7-8-16(14)19-13)17(12-18)9-3-2-4-10-17/h7-8,11,13H,2-6,9-10,12,18H2,1H3. The molecule has 3 rings (SSSR count). The van der Waals surface area contributed by atoms with E-state index < -0.39 is 0 Å². The highest BCUT2D eigenvalue weighted by atomic mass is 16.5. The molecule has 1 aromatic carbocycles. The summed E-state index contributed by atoms with van der Waals surface area (Å²) in [5.74, 6) is 1.09. The van der Waals surface area contributed by atoms with Gasteiger partial charge in [0, 0.05) is 12.0 Å². The Morgan fingerprint density at radius 3 is 2.79 bits per heavy atom. The van der Waals surface area contributed by atoms with Gasteiger partial charge in [0.05, 0.1) is 6.10 Å². The number of hydrogen-bond acceptors (Lipinski definition) is 2. The van der Waals surface area contributed by atoms with Crippen molar-refractivity contribution in [3.8, 4) is 5.75 Å². The van der Waals surface area contributed by atoms with Crippen molar-refractivity contribution >= 4 is 0 Å². The minimum absolute atomic E-state index is 0.232. The monoisotopic (exact) mass is 259 g/mol. The summed E-state index contributed by atoms with van der Waals surface area (Å²) in [6.45, 7) is 2.93. The van der Waals surface area contributed by atoms with E-state index in [1.165, 1.54) is 43.2 Å². The summed E-state index contributed by atoms with van der Waals surface area (Å²) in [6, 6.07) is 6.81. The van der Waals surface area contributed by atoms with Crippen LogP contribution in [0, 0.1) is 0 Å². The fourth-order valence-electron chi connectivity index (χ4n) is 3.69. The Morgan fingerprint density at radius 1 is 1.26 bits per heavy atom. The predicted octanol–water partition coefficient (Wildman–Crippen LogP) is 3.56. The first-order chi connectivity index (χ1) is 9.23. The lowest BCUT2D eigenvalue weighted by atomic mass is 9.69. The Morgan fingerprint density at radius 2 is 2.05 bits per heavy atom. The second-order valence-electron chi connectivity index (χ2n) is 6.33. The summed E-state index contributed by atoms with van der Waals surface area (Å²) in [7, 11) is 0. The zero-order chi connectivity index (χ0) is 13.3. The summed E-state index contributed by atoms with van der Waals surface area (Å²) in [4.78, 5) is 0. The number of benzene rings is 1. The molecule has 2 N–H and O–H groups in total. The van der Waals surface area contributed by atoms with E-state index in [1.807, 2.05) is 0 Å². The first-order valence-corrected chi connectivity index (χ1v) is 7.74. The highest BCUT2D eigenvalue weighted by Crippen LogP contribution is 2.40. The first-order valence-electron chi connectivity index (χ1n) is 7.74. The van der Waals surface area contributed by atoms with Gasteiger partial charge in [0.15, 0.2) is 0 Å². The van der Waals surface area contributed by atoms with Crippen molar-refractivity contribution in [3.63, 3.8) is 0 Å². The van der Waals surface area contributed by atoms with E-state index in [2.05, 4.69) is 25.1 Å². The van der Waals surface area contributed by atoms with Crippen LogP contribution in [0.25, 0.3) is 0 Å². The molecule has 0 amide bonds. The number of rotatable bonds is 2. The van der Waals surface area contributed by atoms with Gasteiger partial charge in [-0.25, -0.2) is 0 Å². The molecule has 1 atom stereocenters. The first kappa shape index (κ1) is 13.0. The third-order valence-corrected chi connectivity index (χ3v) is 5.02. The molecule has 1 heterocycles. The molecule has 104 valence electrons. The Kier molecular flexibility index (Phi) is 3.53. The summed E-state index contributed by atoms with van der Waals surface area (Å²) in [6.07, 6.45) is 9.14. The topological polar surface area (TPSA) is 35.2 Å². The average molecular weight is 259 g/mol. The fourth-order valence-corrected chi connectivity index (χ4v) is 3.69. The molecule has 0 spiro atoms. The van der Waals surface area contributed by atoms with Gasteiger partial charge in [-0.2, -0.15) is 0 Å². The quantitative estimate of drug-likeness (QED) is 0.881. The second-order valence-corrected chi connectivity index (χ2v) is 6.33. The van der Waals surface area contributed by atoms with E-state index in [1.54, 1.807) is 0 Å². The van der Waals surface area contributed by atoms with Gasteiger partial charge in [0.25, 0.3) is 0 Å². The van der Waals surface area contributed by atoms with Gasteiger partial charge < -0.3 is 10.5 Å². The van der Waals surface area contributed by atoms with Gasteiger partial charge in [-0.3, -0.25) is 0 Å². The van der Waals surface area contributed by atoms with E-state index in [-0.39, 0.29) is 5.41 Å².